The zero-order chi connectivity index (χ0) is 12.7. The quantitative estimate of drug-likeness (QED) is 0.502. The maximum absolute atomic E-state index is 11.4. The summed E-state index contributed by atoms with van der Waals surface area (Å²) in [4.78, 5) is 29.0. The number of primary amides is 1. The van der Waals surface area contributed by atoms with Crippen molar-refractivity contribution in [3.63, 3.8) is 0 Å². The molecule has 0 radical (unpaired) electrons. The minimum Gasteiger partial charge on any atom is -0.354 e. The first-order valence-corrected chi connectivity index (χ1v) is 5.41. The summed E-state index contributed by atoms with van der Waals surface area (Å²) in [5, 5.41) is 5.00. The van der Waals surface area contributed by atoms with Gasteiger partial charge in [0.05, 0.1) is 0 Å². The second-order valence-corrected chi connectivity index (χ2v) is 3.66. The smallest absolute Gasteiger partial charge is 0.312 e. The summed E-state index contributed by atoms with van der Waals surface area (Å²) in [6.45, 7) is 2.11. The fourth-order valence-corrected chi connectivity index (χ4v) is 1.33. The van der Waals surface area contributed by atoms with Crippen molar-refractivity contribution >= 4 is 11.9 Å². The molecule has 0 saturated carbocycles. The van der Waals surface area contributed by atoms with Gasteiger partial charge in [0.15, 0.2) is 0 Å². The van der Waals surface area contributed by atoms with E-state index >= 15 is 0 Å². The van der Waals surface area contributed by atoms with Crippen molar-refractivity contribution in [1.82, 2.24) is 20.6 Å². The molecule has 0 aliphatic rings. The second kappa shape index (κ2) is 6.51. The van der Waals surface area contributed by atoms with Crippen LogP contribution in [0.25, 0.3) is 0 Å². The molecule has 1 heterocycles. The van der Waals surface area contributed by atoms with E-state index < -0.39 is 12.1 Å². The summed E-state index contributed by atoms with van der Waals surface area (Å²) in [5.41, 5.74) is 4.91. The fraction of sp³-hybridized carbons (Fsp3) is 0.500. The van der Waals surface area contributed by atoms with Crippen LogP contribution < -0.4 is 16.4 Å². The summed E-state index contributed by atoms with van der Waals surface area (Å²) >= 11 is 0. The van der Waals surface area contributed by atoms with Crippen molar-refractivity contribution in [2.75, 3.05) is 6.54 Å². The van der Waals surface area contributed by atoms with Crippen LogP contribution in [-0.4, -0.2) is 34.5 Å². The zero-order valence-corrected chi connectivity index (χ0v) is 9.69. The van der Waals surface area contributed by atoms with Gasteiger partial charge in [-0.05, 0) is 13.3 Å². The Kier molecular flexibility index (Phi) is 4.99. The largest absolute Gasteiger partial charge is 0.354 e. The van der Waals surface area contributed by atoms with Gasteiger partial charge < -0.3 is 21.4 Å². The number of aromatic amines is 1. The molecule has 7 heteroatoms. The number of carbonyl (C=O) groups is 2. The van der Waals surface area contributed by atoms with E-state index in [1.54, 1.807) is 19.3 Å². The third-order valence-electron chi connectivity index (χ3n) is 2.20. The molecule has 1 aromatic rings. The lowest BCUT2D eigenvalue weighted by Gasteiger charge is -2.11. The summed E-state index contributed by atoms with van der Waals surface area (Å²) in [6, 6.07) is -1.32. The molecular formula is C10H17N5O2. The van der Waals surface area contributed by atoms with Gasteiger partial charge in [-0.1, -0.05) is 0 Å². The Morgan fingerprint density at radius 1 is 1.59 bits per heavy atom. The number of aromatic nitrogens is 2. The SMILES string of the molecule is CC(NC(N)=O)C(=O)NCCCc1ncc[nH]1. The van der Waals surface area contributed by atoms with E-state index in [0.717, 1.165) is 18.7 Å². The second-order valence-electron chi connectivity index (χ2n) is 3.66. The first-order chi connectivity index (χ1) is 8.09. The lowest BCUT2D eigenvalue weighted by atomic mass is 10.2. The number of nitrogens with one attached hydrogen (secondary N) is 3. The number of amides is 3. The molecule has 1 atom stereocenters. The van der Waals surface area contributed by atoms with Gasteiger partial charge in [0.2, 0.25) is 5.91 Å². The number of carbonyl (C=O) groups excluding carboxylic acids is 2. The van der Waals surface area contributed by atoms with Crippen molar-refractivity contribution in [3.8, 4) is 0 Å². The average Bonchev–Trinajstić information content (AvgIpc) is 2.75. The van der Waals surface area contributed by atoms with Gasteiger partial charge in [-0.2, -0.15) is 0 Å². The van der Waals surface area contributed by atoms with Gasteiger partial charge in [-0.25, -0.2) is 9.78 Å². The topological polar surface area (TPSA) is 113 Å². The summed E-state index contributed by atoms with van der Waals surface area (Å²) < 4.78 is 0. The van der Waals surface area contributed by atoms with E-state index in [1.165, 1.54) is 0 Å². The highest BCUT2D eigenvalue weighted by atomic mass is 16.2. The Morgan fingerprint density at radius 3 is 2.94 bits per heavy atom. The van der Waals surface area contributed by atoms with E-state index in [0.29, 0.717) is 6.54 Å². The standard InChI is InChI=1S/C10H17N5O2/c1-7(15-10(11)17)9(16)14-4-2-3-8-12-5-6-13-8/h5-7H,2-4H2,1H3,(H,12,13)(H,14,16)(H3,11,15,17). The van der Waals surface area contributed by atoms with Crippen molar-refractivity contribution in [2.45, 2.75) is 25.8 Å². The normalized spacial score (nSPS) is 11.8. The third kappa shape index (κ3) is 5.01. The first-order valence-electron chi connectivity index (χ1n) is 5.41. The number of H-pyrrole nitrogens is 1. The van der Waals surface area contributed by atoms with Crippen LogP contribution in [0, 0.1) is 0 Å². The highest BCUT2D eigenvalue weighted by Crippen LogP contribution is 1.93. The van der Waals surface area contributed by atoms with Crippen LogP contribution in [0.3, 0.4) is 0 Å². The molecule has 0 spiro atoms. The number of hydrogen-bond donors (Lipinski definition) is 4. The fourth-order valence-electron chi connectivity index (χ4n) is 1.33. The maximum atomic E-state index is 11.4. The number of rotatable bonds is 6. The summed E-state index contributed by atoms with van der Waals surface area (Å²) in [5.74, 6) is 0.644. The maximum Gasteiger partial charge on any atom is 0.312 e. The number of aryl methyl sites for hydroxylation is 1. The molecule has 0 saturated heterocycles. The Morgan fingerprint density at radius 2 is 2.35 bits per heavy atom. The predicted molar refractivity (Wildman–Crippen MR) is 62.1 cm³/mol. The Bertz CT molecular complexity index is 363. The molecule has 0 aliphatic carbocycles. The van der Waals surface area contributed by atoms with Gasteiger partial charge in [-0.3, -0.25) is 4.79 Å². The van der Waals surface area contributed by atoms with Crippen molar-refractivity contribution < 1.29 is 9.59 Å². The van der Waals surface area contributed by atoms with E-state index in [9.17, 15) is 9.59 Å². The van der Waals surface area contributed by atoms with E-state index in [-0.39, 0.29) is 5.91 Å². The van der Waals surface area contributed by atoms with E-state index in [2.05, 4.69) is 20.6 Å². The van der Waals surface area contributed by atoms with Crippen LogP contribution >= 0.6 is 0 Å². The lowest BCUT2D eigenvalue weighted by molar-refractivity contribution is -0.122. The molecule has 0 fully saturated rings. The number of nitrogens with zero attached hydrogens (tertiary/aromatic N) is 1. The Labute approximate surface area is 99.2 Å². The predicted octanol–water partition coefficient (Wildman–Crippen LogP) is -0.485. The van der Waals surface area contributed by atoms with Crippen LogP contribution in [0.15, 0.2) is 12.4 Å². The number of imidazole rings is 1. The van der Waals surface area contributed by atoms with Crippen LogP contribution in [0.2, 0.25) is 0 Å². The monoisotopic (exact) mass is 239 g/mol. The lowest BCUT2D eigenvalue weighted by Crippen LogP contribution is -2.46. The van der Waals surface area contributed by atoms with Crippen molar-refractivity contribution in [3.05, 3.63) is 18.2 Å². The summed E-state index contributed by atoms with van der Waals surface area (Å²) in [6.07, 6.45) is 4.99. The Balaban J connectivity index is 2.13. The third-order valence-corrected chi connectivity index (χ3v) is 2.20. The van der Waals surface area contributed by atoms with Crippen LogP contribution in [0.1, 0.15) is 19.2 Å². The molecular weight excluding hydrogens is 222 g/mol. The molecule has 0 bridgehead atoms. The van der Waals surface area contributed by atoms with Gasteiger partial charge >= 0.3 is 6.03 Å². The molecule has 0 aromatic carbocycles. The van der Waals surface area contributed by atoms with Crippen LogP contribution in [0.5, 0.6) is 0 Å². The molecule has 0 aliphatic heterocycles. The Hall–Kier alpha value is -2.05. The van der Waals surface area contributed by atoms with Gasteiger partial charge in [0.25, 0.3) is 0 Å². The number of urea groups is 1. The molecule has 1 aromatic heterocycles. The van der Waals surface area contributed by atoms with Crippen molar-refractivity contribution in [2.24, 2.45) is 5.73 Å². The van der Waals surface area contributed by atoms with Gasteiger partial charge in [0, 0.05) is 25.4 Å². The molecule has 1 unspecified atom stereocenters. The molecule has 7 nitrogen and oxygen atoms in total. The summed E-state index contributed by atoms with van der Waals surface area (Å²) in [7, 11) is 0. The van der Waals surface area contributed by atoms with Crippen LogP contribution in [-0.2, 0) is 11.2 Å². The zero-order valence-electron chi connectivity index (χ0n) is 9.69. The highest BCUT2D eigenvalue weighted by Gasteiger charge is 2.12. The molecule has 17 heavy (non-hydrogen) atoms. The molecule has 1 rings (SSSR count). The average molecular weight is 239 g/mol. The van der Waals surface area contributed by atoms with E-state index in [1.807, 2.05) is 0 Å². The number of hydrogen-bond acceptors (Lipinski definition) is 3. The highest BCUT2D eigenvalue weighted by molar-refractivity contribution is 5.86. The first kappa shape index (κ1) is 13.0. The van der Waals surface area contributed by atoms with Crippen molar-refractivity contribution in [1.29, 1.82) is 0 Å². The minimum atomic E-state index is -0.705. The molecule has 3 amide bonds. The number of nitrogens with two attached hydrogens (primary N) is 1. The van der Waals surface area contributed by atoms with Gasteiger partial charge in [-0.15, -0.1) is 0 Å². The van der Waals surface area contributed by atoms with E-state index in [4.69, 9.17) is 5.73 Å². The minimum absolute atomic E-state index is 0.247. The molecule has 94 valence electrons. The van der Waals surface area contributed by atoms with Gasteiger partial charge in [0.1, 0.15) is 11.9 Å². The van der Waals surface area contributed by atoms with Crippen LogP contribution in [0.4, 0.5) is 4.79 Å². The molecule has 5 N–H and O–H groups in total.